The standard InChI is InChI=1S/C15H24O/c1-11-7-12(14(2,3)4)9-13(8-11)15(5,6)10-16/h7-9,16H,10H2,1-6H3. The van der Waals surface area contributed by atoms with Crippen LogP contribution in [0.3, 0.4) is 0 Å². The van der Waals surface area contributed by atoms with Crippen LogP contribution in [0.4, 0.5) is 0 Å². The Labute approximate surface area is 99.5 Å². The van der Waals surface area contributed by atoms with Gasteiger partial charge in [0.1, 0.15) is 0 Å². The summed E-state index contributed by atoms with van der Waals surface area (Å²) in [6.07, 6.45) is 0. The number of hydrogen-bond donors (Lipinski definition) is 1. The van der Waals surface area contributed by atoms with Crippen LogP contribution in [0.15, 0.2) is 18.2 Å². The SMILES string of the molecule is Cc1cc(C(C)(C)C)cc(C(C)(C)CO)c1. The summed E-state index contributed by atoms with van der Waals surface area (Å²) < 4.78 is 0. The first-order chi connectivity index (χ1) is 7.16. The van der Waals surface area contributed by atoms with E-state index in [1.807, 2.05) is 0 Å². The predicted octanol–water partition coefficient (Wildman–Crippen LogP) is 3.56. The van der Waals surface area contributed by atoms with Gasteiger partial charge < -0.3 is 5.11 Å². The lowest BCUT2D eigenvalue weighted by Gasteiger charge is -2.27. The predicted molar refractivity (Wildman–Crippen MR) is 70.0 cm³/mol. The Hall–Kier alpha value is -0.820. The number of aliphatic hydroxyl groups is 1. The van der Waals surface area contributed by atoms with Crippen LogP contribution in [0.1, 0.15) is 51.3 Å². The Kier molecular flexibility index (Phi) is 3.49. The maximum Gasteiger partial charge on any atom is 0.0522 e. The maximum absolute atomic E-state index is 9.43. The van der Waals surface area contributed by atoms with Gasteiger partial charge in [-0.1, -0.05) is 58.4 Å². The van der Waals surface area contributed by atoms with Gasteiger partial charge in [0.25, 0.3) is 0 Å². The van der Waals surface area contributed by atoms with Crippen molar-refractivity contribution in [3.63, 3.8) is 0 Å². The van der Waals surface area contributed by atoms with Crippen molar-refractivity contribution < 1.29 is 5.11 Å². The van der Waals surface area contributed by atoms with E-state index in [0.29, 0.717) is 0 Å². The molecule has 0 bridgehead atoms. The number of hydrogen-bond acceptors (Lipinski definition) is 1. The highest BCUT2D eigenvalue weighted by Gasteiger charge is 2.22. The average molecular weight is 220 g/mol. The summed E-state index contributed by atoms with van der Waals surface area (Å²) in [4.78, 5) is 0. The fourth-order valence-electron chi connectivity index (χ4n) is 1.70. The second kappa shape index (κ2) is 4.21. The first-order valence-electron chi connectivity index (χ1n) is 5.90. The zero-order chi connectivity index (χ0) is 12.6. The third-order valence-electron chi connectivity index (χ3n) is 3.12. The fraction of sp³-hybridized carbons (Fsp3) is 0.600. The molecule has 90 valence electrons. The van der Waals surface area contributed by atoms with E-state index < -0.39 is 0 Å². The van der Waals surface area contributed by atoms with E-state index in [1.54, 1.807) is 0 Å². The molecule has 0 amide bonds. The smallest absolute Gasteiger partial charge is 0.0522 e. The van der Waals surface area contributed by atoms with Gasteiger partial charge in [0.2, 0.25) is 0 Å². The molecule has 0 radical (unpaired) electrons. The van der Waals surface area contributed by atoms with Crippen molar-refractivity contribution >= 4 is 0 Å². The lowest BCUT2D eigenvalue weighted by atomic mass is 9.79. The van der Waals surface area contributed by atoms with Crippen LogP contribution in [0.5, 0.6) is 0 Å². The van der Waals surface area contributed by atoms with E-state index in [4.69, 9.17) is 0 Å². The van der Waals surface area contributed by atoms with Gasteiger partial charge in [-0.3, -0.25) is 0 Å². The molecule has 1 aromatic rings. The van der Waals surface area contributed by atoms with Gasteiger partial charge in [-0.05, 0) is 23.5 Å². The highest BCUT2D eigenvalue weighted by atomic mass is 16.3. The molecule has 0 aliphatic heterocycles. The van der Waals surface area contributed by atoms with Crippen molar-refractivity contribution in [3.8, 4) is 0 Å². The number of rotatable bonds is 2. The zero-order valence-electron chi connectivity index (χ0n) is 11.4. The Morgan fingerprint density at radius 3 is 1.88 bits per heavy atom. The highest BCUT2D eigenvalue weighted by molar-refractivity contribution is 5.37. The van der Waals surface area contributed by atoms with E-state index in [2.05, 4.69) is 59.7 Å². The van der Waals surface area contributed by atoms with Crippen molar-refractivity contribution in [2.75, 3.05) is 6.61 Å². The van der Waals surface area contributed by atoms with Crippen molar-refractivity contribution in [3.05, 3.63) is 34.9 Å². The number of aryl methyl sites for hydroxylation is 1. The Morgan fingerprint density at radius 1 is 0.938 bits per heavy atom. The molecule has 1 N–H and O–H groups in total. The minimum Gasteiger partial charge on any atom is -0.395 e. The Balaban J connectivity index is 3.29. The Bertz CT molecular complexity index is 370. The zero-order valence-corrected chi connectivity index (χ0v) is 11.4. The third-order valence-corrected chi connectivity index (χ3v) is 3.12. The normalized spacial score (nSPS) is 12.9. The second-order valence-corrected chi connectivity index (χ2v) is 6.38. The van der Waals surface area contributed by atoms with Gasteiger partial charge in [0.15, 0.2) is 0 Å². The summed E-state index contributed by atoms with van der Waals surface area (Å²) >= 11 is 0. The second-order valence-electron chi connectivity index (χ2n) is 6.38. The summed E-state index contributed by atoms with van der Waals surface area (Å²) in [6, 6.07) is 6.63. The van der Waals surface area contributed by atoms with Gasteiger partial charge in [0.05, 0.1) is 6.61 Å². The molecule has 1 heteroatoms. The van der Waals surface area contributed by atoms with Crippen LogP contribution >= 0.6 is 0 Å². The molecular formula is C15H24O. The molecule has 0 saturated carbocycles. The molecule has 0 aliphatic carbocycles. The summed E-state index contributed by atoms with van der Waals surface area (Å²) in [7, 11) is 0. The van der Waals surface area contributed by atoms with E-state index in [0.717, 1.165) is 0 Å². The third kappa shape index (κ3) is 2.85. The minimum absolute atomic E-state index is 0.159. The van der Waals surface area contributed by atoms with Gasteiger partial charge in [0, 0.05) is 5.41 Å². The molecule has 0 spiro atoms. The quantitative estimate of drug-likeness (QED) is 0.808. The van der Waals surface area contributed by atoms with Crippen molar-refractivity contribution in [2.45, 2.75) is 52.4 Å². The number of benzene rings is 1. The van der Waals surface area contributed by atoms with Gasteiger partial charge in [-0.25, -0.2) is 0 Å². The molecule has 16 heavy (non-hydrogen) atoms. The molecule has 0 unspecified atom stereocenters. The van der Waals surface area contributed by atoms with E-state index in [9.17, 15) is 5.11 Å². The van der Waals surface area contributed by atoms with Crippen LogP contribution in [-0.4, -0.2) is 11.7 Å². The van der Waals surface area contributed by atoms with E-state index in [1.165, 1.54) is 16.7 Å². The molecule has 0 saturated heterocycles. The van der Waals surface area contributed by atoms with Crippen molar-refractivity contribution in [1.82, 2.24) is 0 Å². The lowest BCUT2D eigenvalue weighted by Crippen LogP contribution is -2.23. The monoisotopic (exact) mass is 220 g/mol. The first kappa shape index (κ1) is 13.2. The summed E-state index contributed by atoms with van der Waals surface area (Å²) in [5, 5.41) is 9.43. The fourth-order valence-corrected chi connectivity index (χ4v) is 1.70. The molecule has 0 aromatic heterocycles. The molecule has 1 nitrogen and oxygen atoms in total. The molecule has 0 fully saturated rings. The van der Waals surface area contributed by atoms with Crippen molar-refractivity contribution in [1.29, 1.82) is 0 Å². The van der Waals surface area contributed by atoms with Gasteiger partial charge >= 0.3 is 0 Å². The van der Waals surface area contributed by atoms with Crippen molar-refractivity contribution in [2.24, 2.45) is 0 Å². The van der Waals surface area contributed by atoms with Crippen LogP contribution in [0, 0.1) is 6.92 Å². The molecule has 0 heterocycles. The van der Waals surface area contributed by atoms with Gasteiger partial charge in [-0.2, -0.15) is 0 Å². The maximum atomic E-state index is 9.43. The Morgan fingerprint density at radius 2 is 1.44 bits per heavy atom. The van der Waals surface area contributed by atoms with E-state index in [-0.39, 0.29) is 17.4 Å². The van der Waals surface area contributed by atoms with Crippen LogP contribution < -0.4 is 0 Å². The minimum atomic E-state index is -0.161. The average Bonchev–Trinajstić information content (AvgIpc) is 2.15. The van der Waals surface area contributed by atoms with Crippen LogP contribution in [0.2, 0.25) is 0 Å². The molecule has 0 aliphatic rings. The molecular weight excluding hydrogens is 196 g/mol. The first-order valence-corrected chi connectivity index (χ1v) is 5.90. The number of aliphatic hydroxyl groups excluding tert-OH is 1. The molecule has 0 atom stereocenters. The lowest BCUT2D eigenvalue weighted by molar-refractivity contribution is 0.218. The molecule has 1 rings (SSSR count). The van der Waals surface area contributed by atoms with Gasteiger partial charge in [-0.15, -0.1) is 0 Å². The summed E-state index contributed by atoms with van der Waals surface area (Å²) in [5.41, 5.74) is 3.83. The highest BCUT2D eigenvalue weighted by Crippen LogP contribution is 2.30. The van der Waals surface area contributed by atoms with Crippen LogP contribution in [0.25, 0.3) is 0 Å². The summed E-state index contributed by atoms with van der Waals surface area (Å²) in [6.45, 7) is 13.1. The van der Waals surface area contributed by atoms with E-state index >= 15 is 0 Å². The molecule has 1 aromatic carbocycles. The largest absolute Gasteiger partial charge is 0.395 e. The summed E-state index contributed by atoms with van der Waals surface area (Å²) in [5.74, 6) is 0. The topological polar surface area (TPSA) is 20.2 Å². The van der Waals surface area contributed by atoms with Crippen LogP contribution in [-0.2, 0) is 10.8 Å².